The predicted octanol–water partition coefficient (Wildman–Crippen LogP) is 3.83. The normalized spacial score (nSPS) is 11.6. The first-order chi connectivity index (χ1) is 13.4. The summed E-state index contributed by atoms with van der Waals surface area (Å²) in [5.41, 5.74) is 1.71. The molecule has 0 aliphatic rings. The molecule has 2 aromatic rings. The van der Waals surface area contributed by atoms with Crippen LogP contribution in [0, 0.1) is 0 Å². The summed E-state index contributed by atoms with van der Waals surface area (Å²) in [7, 11) is 1.60. The molecule has 0 saturated carbocycles. The Hall–Kier alpha value is -2.53. The van der Waals surface area contributed by atoms with Crippen molar-refractivity contribution in [3.05, 3.63) is 64.7 Å². The van der Waals surface area contributed by atoms with Gasteiger partial charge in [0.15, 0.2) is 0 Å². The fraction of sp³-hybridized carbons (Fsp3) is 0.364. The minimum Gasteiger partial charge on any atom is -0.497 e. The number of methoxy groups -OCH3 is 1. The standard InChI is InChI=1S/C22H27ClN2O3/c1-4-11-24-22(27)16(2)25(15-18-8-6-10-20(13-18)28-3)21(26)14-17-7-5-9-19(23)12-17/h5-10,12-13,16H,4,11,14-15H2,1-3H3,(H,24,27)/t16-/m0/s1. The molecule has 2 rings (SSSR count). The largest absolute Gasteiger partial charge is 0.497 e. The number of halogens is 1. The Labute approximate surface area is 171 Å². The summed E-state index contributed by atoms with van der Waals surface area (Å²) >= 11 is 6.04. The predicted molar refractivity (Wildman–Crippen MR) is 111 cm³/mol. The van der Waals surface area contributed by atoms with Gasteiger partial charge < -0.3 is 15.0 Å². The van der Waals surface area contributed by atoms with Crippen molar-refractivity contribution in [2.24, 2.45) is 0 Å². The zero-order valence-electron chi connectivity index (χ0n) is 16.6. The first-order valence-electron chi connectivity index (χ1n) is 9.39. The summed E-state index contributed by atoms with van der Waals surface area (Å²) in [6, 6.07) is 14.1. The van der Waals surface area contributed by atoms with Crippen LogP contribution >= 0.6 is 11.6 Å². The van der Waals surface area contributed by atoms with Crippen molar-refractivity contribution < 1.29 is 14.3 Å². The van der Waals surface area contributed by atoms with Crippen LogP contribution in [-0.4, -0.2) is 36.4 Å². The Kier molecular flexibility index (Phi) is 8.33. The molecule has 0 spiro atoms. The van der Waals surface area contributed by atoms with E-state index in [0.29, 0.717) is 23.9 Å². The lowest BCUT2D eigenvalue weighted by molar-refractivity contribution is -0.140. The maximum Gasteiger partial charge on any atom is 0.242 e. The molecule has 0 saturated heterocycles. The molecule has 1 N–H and O–H groups in total. The van der Waals surface area contributed by atoms with Gasteiger partial charge in [0.05, 0.1) is 13.5 Å². The van der Waals surface area contributed by atoms with Gasteiger partial charge in [-0.2, -0.15) is 0 Å². The van der Waals surface area contributed by atoms with Crippen molar-refractivity contribution in [3.63, 3.8) is 0 Å². The molecule has 6 heteroatoms. The number of rotatable bonds is 9. The van der Waals surface area contributed by atoms with Gasteiger partial charge in [-0.3, -0.25) is 9.59 Å². The van der Waals surface area contributed by atoms with Gasteiger partial charge in [-0.1, -0.05) is 42.8 Å². The van der Waals surface area contributed by atoms with Crippen LogP contribution in [0.25, 0.3) is 0 Å². The number of amides is 2. The monoisotopic (exact) mass is 402 g/mol. The van der Waals surface area contributed by atoms with E-state index in [9.17, 15) is 9.59 Å². The van der Waals surface area contributed by atoms with Gasteiger partial charge in [0.1, 0.15) is 11.8 Å². The zero-order chi connectivity index (χ0) is 20.5. The Balaban J connectivity index is 2.23. The van der Waals surface area contributed by atoms with Crippen molar-refractivity contribution in [2.75, 3.05) is 13.7 Å². The highest BCUT2D eigenvalue weighted by molar-refractivity contribution is 6.30. The van der Waals surface area contributed by atoms with Gasteiger partial charge >= 0.3 is 0 Å². The van der Waals surface area contributed by atoms with Crippen LogP contribution in [-0.2, 0) is 22.6 Å². The second-order valence-electron chi connectivity index (χ2n) is 6.65. The number of hydrogen-bond donors (Lipinski definition) is 1. The van der Waals surface area contributed by atoms with Crippen LogP contribution < -0.4 is 10.1 Å². The smallest absolute Gasteiger partial charge is 0.242 e. The molecule has 0 radical (unpaired) electrons. The van der Waals surface area contributed by atoms with Crippen LogP contribution in [0.15, 0.2) is 48.5 Å². The molecule has 2 aromatic carbocycles. The maximum absolute atomic E-state index is 13.1. The number of benzene rings is 2. The third kappa shape index (κ3) is 6.27. The second-order valence-corrected chi connectivity index (χ2v) is 7.08. The van der Waals surface area contributed by atoms with Crippen LogP contribution in [0.4, 0.5) is 0 Å². The molecule has 1 atom stereocenters. The number of carbonyl (C=O) groups is 2. The minimum atomic E-state index is -0.593. The Morgan fingerprint density at radius 1 is 1.14 bits per heavy atom. The molecular weight excluding hydrogens is 376 g/mol. The molecular formula is C22H27ClN2O3. The fourth-order valence-electron chi connectivity index (χ4n) is 2.87. The number of hydrogen-bond acceptors (Lipinski definition) is 3. The van der Waals surface area contributed by atoms with Crippen molar-refractivity contribution in [2.45, 2.75) is 39.3 Å². The zero-order valence-corrected chi connectivity index (χ0v) is 17.3. The van der Waals surface area contributed by atoms with E-state index in [1.807, 2.05) is 43.3 Å². The van der Waals surface area contributed by atoms with Gasteiger partial charge in [-0.15, -0.1) is 0 Å². The molecule has 0 heterocycles. The fourth-order valence-corrected chi connectivity index (χ4v) is 3.08. The van der Waals surface area contributed by atoms with Crippen LogP contribution in [0.5, 0.6) is 5.75 Å². The van der Waals surface area contributed by atoms with Crippen molar-refractivity contribution in [1.82, 2.24) is 10.2 Å². The SMILES string of the molecule is CCCNC(=O)[C@H](C)N(Cc1cccc(OC)c1)C(=O)Cc1cccc(Cl)c1. The lowest BCUT2D eigenvalue weighted by Gasteiger charge is -2.29. The van der Waals surface area contributed by atoms with Crippen molar-refractivity contribution in [1.29, 1.82) is 0 Å². The summed E-state index contributed by atoms with van der Waals surface area (Å²) in [4.78, 5) is 27.2. The first kappa shape index (κ1) is 21.8. The van der Waals surface area contributed by atoms with Gasteiger partial charge in [-0.05, 0) is 48.7 Å². The molecule has 5 nitrogen and oxygen atoms in total. The van der Waals surface area contributed by atoms with E-state index in [2.05, 4.69) is 5.32 Å². The highest BCUT2D eigenvalue weighted by Gasteiger charge is 2.26. The van der Waals surface area contributed by atoms with E-state index >= 15 is 0 Å². The summed E-state index contributed by atoms with van der Waals surface area (Å²) in [5.74, 6) is 0.413. The van der Waals surface area contributed by atoms with Gasteiger partial charge in [-0.25, -0.2) is 0 Å². The van der Waals surface area contributed by atoms with Gasteiger partial charge in [0.2, 0.25) is 11.8 Å². The first-order valence-corrected chi connectivity index (χ1v) is 9.77. The number of nitrogens with one attached hydrogen (secondary N) is 1. The third-order valence-corrected chi connectivity index (χ3v) is 4.68. The summed E-state index contributed by atoms with van der Waals surface area (Å²) < 4.78 is 5.27. The minimum absolute atomic E-state index is 0.135. The van der Waals surface area contributed by atoms with E-state index < -0.39 is 6.04 Å². The van der Waals surface area contributed by atoms with Crippen molar-refractivity contribution in [3.8, 4) is 5.75 Å². The maximum atomic E-state index is 13.1. The second kappa shape index (κ2) is 10.7. The number of ether oxygens (including phenoxy) is 1. The van der Waals surface area contributed by atoms with E-state index in [1.165, 1.54) is 0 Å². The molecule has 0 aromatic heterocycles. The molecule has 0 unspecified atom stereocenters. The highest BCUT2D eigenvalue weighted by Crippen LogP contribution is 2.18. The average molecular weight is 403 g/mol. The molecule has 0 bridgehead atoms. The number of nitrogens with zero attached hydrogens (tertiary/aromatic N) is 1. The van der Waals surface area contributed by atoms with Crippen LogP contribution in [0.1, 0.15) is 31.4 Å². The Morgan fingerprint density at radius 2 is 1.86 bits per heavy atom. The van der Waals surface area contributed by atoms with E-state index in [4.69, 9.17) is 16.3 Å². The molecule has 150 valence electrons. The molecule has 28 heavy (non-hydrogen) atoms. The molecule has 0 aliphatic heterocycles. The number of carbonyl (C=O) groups excluding carboxylic acids is 2. The summed E-state index contributed by atoms with van der Waals surface area (Å²) in [6.07, 6.45) is 1.01. The Morgan fingerprint density at radius 3 is 2.54 bits per heavy atom. The average Bonchev–Trinajstić information content (AvgIpc) is 2.69. The van der Waals surface area contributed by atoms with Gasteiger partial charge in [0.25, 0.3) is 0 Å². The highest BCUT2D eigenvalue weighted by atomic mass is 35.5. The lowest BCUT2D eigenvalue weighted by Crippen LogP contribution is -2.48. The molecule has 0 aliphatic carbocycles. The molecule has 0 fully saturated rings. The summed E-state index contributed by atoms with van der Waals surface area (Å²) in [5, 5.41) is 3.45. The van der Waals surface area contributed by atoms with Gasteiger partial charge in [0, 0.05) is 18.1 Å². The van der Waals surface area contributed by atoms with Crippen LogP contribution in [0.3, 0.4) is 0 Å². The van der Waals surface area contributed by atoms with E-state index in [-0.39, 0.29) is 18.2 Å². The van der Waals surface area contributed by atoms with E-state index in [0.717, 1.165) is 17.5 Å². The van der Waals surface area contributed by atoms with E-state index in [1.54, 1.807) is 31.1 Å². The molecule has 2 amide bonds. The van der Waals surface area contributed by atoms with Crippen LogP contribution in [0.2, 0.25) is 5.02 Å². The topological polar surface area (TPSA) is 58.6 Å². The Bertz CT molecular complexity index is 810. The van der Waals surface area contributed by atoms with Crippen molar-refractivity contribution >= 4 is 23.4 Å². The third-order valence-electron chi connectivity index (χ3n) is 4.45. The quantitative estimate of drug-likeness (QED) is 0.693. The summed E-state index contributed by atoms with van der Waals surface area (Å²) in [6.45, 7) is 4.64. The lowest BCUT2D eigenvalue weighted by atomic mass is 10.1.